The van der Waals surface area contributed by atoms with Crippen molar-refractivity contribution in [1.82, 2.24) is 4.57 Å². The van der Waals surface area contributed by atoms with Crippen molar-refractivity contribution in [3.63, 3.8) is 0 Å². The van der Waals surface area contributed by atoms with Crippen LogP contribution >= 0.6 is 11.3 Å². The Morgan fingerprint density at radius 3 is 2.32 bits per heavy atom. The van der Waals surface area contributed by atoms with Crippen molar-refractivity contribution < 1.29 is 19.0 Å². The fraction of sp³-hybridized carbons (Fsp3) is 0.333. The van der Waals surface area contributed by atoms with Crippen molar-refractivity contribution in [1.29, 1.82) is 0 Å². The molecule has 2 aromatic carbocycles. The Kier molecular flexibility index (Phi) is 6.36. The van der Waals surface area contributed by atoms with E-state index in [0.29, 0.717) is 17.0 Å². The molecular weight excluding hydrogens is 376 g/mol. The highest BCUT2D eigenvalue weighted by Gasteiger charge is 2.16. The summed E-state index contributed by atoms with van der Waals surface area (Å²) in [7, 11) is 3.27. The van der Waals surface area contributed by atoms with Gasteiger partial charge in [-0.05, 0) is 49.7 Å². The Balaban J connectivity index is 2.12. The van der Waals surface area contributed by atoms with E-state index in [0.717, 1.165) is 40.4 Å². The first-order valence-corrected chi connectivity index (χ1v) is 10.0. The number of methoxy groups -OCH3 is 2. The molecule has 0 atom stereocenters. The summed E-state index contributed by atoms with van der Waals surface area (Å²) in [6.07, 6.45) is 0.899. The summed E-state index contributed by atoms with van der Waals surface area (Å²) in [6, 6.07) is 10.8. The number of carbonyl (C=O) groups is 1. The molecule has 0 aliphatic rings. The maximum Gasteiger partial charge on any atom is 0.279 e. The molecule has 7 heteroatoms. The van der Waals surface area contributed by atoms with E-state index < -0.39 is 0 Å². The van der Waals surface area contributed by atoms with Gasteiger partial charge >= 0.3 is 0 Å². The number of hydrogen-bond donors (Lipinski definition) is 0. The minimum atomic E-state index is -0.294. The Labute approximate surface area is 168 Å². The number of fused-ring (bicyclic) bond motifs is 1. The molecule has 6 nitrogen and oxygen atoms in total. The zero-order chi connectivity index (χ0) is 20.1. The van der Waals surface area contributed by atoms with Crippen molar-refractivity contribution in [2.75, 3.05) is 20.8 Å². The number of benzene rings is 2. The average molecular weight is 401 g/mol. The van der Waals surface area contributed by atoms with Crippen LogP contribution in [0, 0.1) is 0 Å². The molecule has 0 fully saturated rings. The molecule has 0 aliphatic carbocycles. The average Bonchev–Trinajstić information content (AvgIpc) is 3.06. The van der Waals surface area contributed by atoms with E-state index in [1.165, 1.54) is 11.3 Å². The van der Waals surface area contributed by atoms with E-state index in [2.05, 4.69) is 11.9 Å². The third-order valence-corrected chi connectivity index (χ3v) is 5.34. The van der Waals surface area contributed by atoms with Gasteiger partial charge in [-0.1, -0.05) is 18.3 Å². The van der Waals surface area contributed by atoms with Crippen LogP contribution in [0.2, 0.25) is 0 Å². The quantitative estimate of drug-likeness (QED) is 0.594. The lowest BCUT2D eigenvalue weighted by Crippen LogP contribution is -2.17. The van der Waals surface area contributed by atoms with Crippen LogP contribution in [0.3, 0.4) is 0 Å². The van der Waals surface area contributed by atoms with E-state index in [-0.39, 0.29) is 5.91 Å². The predicted molar refractivity (Wildman–Crippen MR) is 111 cm³/mol. The molecule has 1 aromatic heterocycles. The topological polar surface area (TPSA) is 62.1 Å². The van der Waals surface area contributed by atoms with Gasteiger partial charge in [0.05, 0.1) is 20.8 Å². The first kappa shape index (κ1) is 19.9. The van der Waals surface area contributed by atoms with Crippen LogP contribution < -0.4 is 19.0 Å². The normalized spacial score (nSPS) is 11.6. The number of carbonyl (C=O) groups excluding carboxylic acids is 1. The van der Waals surface area contributed by atoms with Gasteiger partial charge in [-0.15, -0.1) is 0 Å². The Morgan fingerprint density at radius 2 is 1.71 bits per heavy atom. The van der Waals surface area contributed by atoms with Crippen molar-refractivity contribution in [3.05, 3.63) is 46.8 Å². The largest absolute Gasteiger partial charge is 0.495 e. The number of thiazole rings is 1. The fourth-order valence-electron chi connectivity index (χ4n) is 2.98. The number of ether oxygens (including phenoxy) is 3. The van der Waals surface area contributed by atoms with Gasteiger partial charge in [-0.2, -0.15) is 4.99 Å². The SMILES string of the molecule is CCCn1c(=NC(=O)c2ccc(OCC)cc2)sc2c(OC)ccc(OC)c21. The van der Waals surface area contributed by atoms with E-state index in [4.69, 9.17) is 14.2 Å². The van der Waals surface area contributed by atoms with Crippen molar-refractivity contribution in [3.8, 4) is 17.2 Å². The summed E-state index contributed by atoms with van der Waals surface area (Å²) in [5.41, 5.74) is 1.41. The molecule has 0 bridgehead atoms. The second-order valence-corrected chi connectivity index (χ2v) is 7.04. The first-order valence-electron chi connectivity index (χ1n) is 9.19. The summed E-state index contributed by atoms with van der Waals surface area (Å²) in [6.45, 7) is 5.31. The number of nitrogens with zero attached hydrogens (tertiary/aromatic N) is 2. The zero-order valence-corrected chi connectivity index (χ0v) is 17.3. The van der Waals surface area contributed by atoms with Gasteiger partial charge in [0, 0.05) is 12.1 Å². The monoisotopic (exact) mass is 400 g/mol. The van der Waals surface area contributed by atoms with Crippen molar-refractivity contribution in [2.24, 2.45) is 4.99 Å². The highest BCUT2D eigenvalue weighted by Crippen LogP contribution is 2.35. The van der Waals surface area contributed by atoms with E-state index in [1.807, 2.05) is 23.6 Å². The molecule has 148 valence electrons. The van der Waals surface area contributed by atoms with Gasteiger partial charge in [0.15, 0.2) is 4.80 Å². The minimum Gasteiger partial charge on any atom is -0.495 e. The van der Waals surface area contributed by atoms with Crippen molar-refractivity contribution in [2.45, 2.75) is 26.8 Å². The Morgan fingerprint density at radius 1 is 1.04 bits per heavy atom. The van der Waals surface area contributed by atoms with Gasteiger partial charge in [-0.25, -0.2) is 0 Å². The second-order valence-electron chi connectivity index (χ2n) is 6.06. The third-order valence-electron chi connectivity index (χ3n) is 4.25. The number of hydrogen-bond acceptors (Lipinski definition) is 5. The predicted octanol–water partition coefficient (Wildman–Crippen LogP) is 4.27. The van der Waals surface area contributed by atoms with Gasteiger partial charge in [0.25, 0.3) is 5.91 Å². The van der Waals surface area contributed by atoms with Crippen LogP contribution in [-0.4, -0.2) is 31.3 Å². The molecule has 0 radical (unpaired) electrons. The molecule has 1 heterocycles. The van der Waals surface area contributed by atoms with E-state index in [9.17, 15) is 4.79 Å². The van der Waals surface area contributed by atoms with Gasteiger partial charge in [0.2, 0.25) is 0 Å². The molecule has 0 spiro atoms. The standard InChI is InChI=1S/C21H24N2O4S/c1-5-13-23-18-16(25-3)11-12-17(26-4)19(18)28-21(23)22-20(24)14-7-9-15(10-8-14)27-6-2/h7-12H,5-6,13H2,1-4H3. The van der Waals surface area contributed by atoms with Crippen molar-refractivity contribution >= 4 is 27.5 Å². The lowest BCUT2D eigenvalue weighted by Gasteiger charge is -2.09. The maximum absolute atomic E-state index is 12.7. The number of aryl methyl sites for hydroxylation is 1. The van der Waals surface area contributed by atoms with E-state index in [1.54, 1.807) is 38.5 Å². The van der Waals surface area contributed by atoms with Crippen LogP contribution in [0.4, 0.5) is 0 Å². The van der Waals surface area contributed by atoms with Gasteiger partial charge < -0.3 is 18.8 Å². The highest BCUT2D eigenvalue weighted by atomic mass is 32.1. The third kappa shape index (κ3) is 3.89. The van der Waals surface area contributed by atoms with Crippen LogP contribution in [0.1, 0.15) is 30.6 Å². The molecular formula is C21H24N2O4S. The molecule has 0 unspecified atom stereocenters. The minimum absolute atomic E-state index is 0.294. The summed E-state index contributed by atoms with van der Waals surface area (Å²) in [5, 5.41) is 0. The van der Waals surface area contributed by atoms with Crippen LogP contribution in [0.5, 0.6) is 17.2 Å². The Bertz CT molecular complexity index is 1030. The van der Waals surface area contributed by atoms with Gasteiger partial charge in [-0.3, -0.25) is 4.79 Å². The van der Waals surface area contributed by atoms with Crippen LogP contribution in [-0.2, 0) is 6.54 Å². The number of rotatable bonds is 7. The smallest absolute Gasteiger partial charge is 0.279 e. The molecule has 0 saturated heterocycles. The summed E-state index contributed by atoms with van der Waals surface area (Å²) in [4.78, 5) is 17.8. The molecule has 0 saturated carbocycles. The highest BCUT2D eigenvalue weighted by molar-refractivity contribution is 7.16. The molecule has 3 rings (SSSR count). The summed E-state index contributed by atoms with van der Waals surface area (Å²) < 4.78 is 19.4. The molecule has 28 heavy (non-hydrogen) atoms. The maximum atomic E-state index is 12.7. The fourth-order valence-corrected chi connectivity index (χ4v) is 4.15. The molecule has 0 aliphatic heterocycles. The van der Waals surface area contributed by atoms with Gasteiger partial charge in [0.1, 0.15) is 27.5 Å². The lowest BCUT2D eigenvalue weighted by molar-refractivity contribution is 0.0997. The van der Waals surface area contributed by atoms with Crippen LogP contribution in [0.25, 0.3) is 10.2 Å². The molecule has 0 N–H and O–H groups in total. The number of aromatic nitrogens is 1. The zero-order valence-electron chi connectivity index (χ0n) is 16.5. The summed E-state index contributed by atoms with van der Waals surface area (Å²) >= 11 is 1.42. The lowest BCUT2D eigenvalue weighted by atomic mass is 10.2. The second kappa shape index (κ2) is 8.93. The van der Waals surface area contributed by atoms with E-state index >= 15 is 0 Å². The van der Waals surface area contributed by atoms with Crippen LogP contribution in [0.15, 0.2) is 41.4 Å². The number of amides is 1. The molecule has 1 amide bonds. The molecule has 3 aromatic rings. The summed E-state index contributed by atoms with van der Waals surface area (Å²) in [5.74, 6) is 1.91. The Hall–Kier alpha value is -2.80. The first-order chi connectivity index (χ1) is 13.6.